The van der Waals surface area contributed by atoms with Gasteiger partial charge >= 0.3 is 0 Å². The van der Waals surface area contributed by atoms with Crippen LogP contribution in [0.25, 0.3) is 70.1 Å². The highest BCUT2D eigenvalue weighted by Gasteiger charge is 2.23. The van der Waals surface area contributed by atoms with Crippen molar-refractivity contribution >= 4 is 58.6 Å². The topological polar surface area (TPSA) is 38.7 Å². The third-order valence-corrected chi connectivity index (χ3v) is 10.4. The van der Waals surface area contributed by atoms with E-state index in [0.29, 0.717) is 5.82 Å². The van der Waals surface area contributed by atoms with Crippen molar-refractivity contribution in [2.45, 2.75) is 31.6 Å². The largest absolute Gasteiger partial charge is 0.213 e. The molecule has 0 bridgehead atoms. The molecule has 1 unspecified atom stereocenters. The summed E-state index contributed by atoms with van der Waals surface area (Å²) in [4.78, 5) is 15.8. The molecule has 0 spiro atoms. The predicted octanol–water partition coefficient (Wildman–Crippen LogP) is 11.2. The lowest BCUT2D eigenvalue weighted by atomic mass is 9.93. The Morgan fingerprint density at radius 1 is 0.783 bits per heavy atom. The maximum absolute atomic E-state index is 5.33. The van der Waals surface area contributed by atoms with E-state index in [1.54, 1.807) is 0 Å². The van der Waals surface area contributed by atoms with E-state index < -0.39 is 0 Å². The molecule has 0 aliphatic heterocycles. The van der Waals surface area contributed by atoms with Crippen LogP contribution >= 0.6 is 11.3 Å². The lowest BCUT2D eigenvalue weighted by Crippen LogP contribution is -2.10. The molecule has 46 heavy (non-hydrogen) atoms. The highest BCUT2D eigenvalue weighted by atomic mass is 32.1. The fourth-order valence-corrected chi connectivity index (χ4v) is 8.20. The van der Waals surface area contributed by atoms with Crippen molar-refractivity contribution < 1.29 is 0 Å². The summed E-state index contributed by atoms with van der Waals surface area (Å²) in [7, 11) is 0. The molecule has 5 aromatic carbocycles. The van der Waals surface area contributed by atoms with Crippen LogP contribution in [0, 0.1) is 12.1 Å². The second-order valence-corrected chi connectivity index (χ2v) is 13.1. The third kappa shape index (κ3) is 4.64. The minimum Gasteiger partial charge on any atom is -0.213 e. The molecular formula is C42H29N3S. The summed E-state index contributed by atoms with van der Waals surface area (Å²) in [6.07, 6.45) is 19.5. The molecule has 2 heterocycles. The molecule has 0 fully saturated rings. The van der Waals surface area contributed by atoms with E-state index in [1.165, 1.54) is 36.7 Å². The van der Waals surface area contributed by atoms with Crippen LogP contribution in [-0.4, -0.2) is 15.0 Å². The molecule has 1 atom stereocenters. The van der Waals surface area contributed by atoms with E-state index in [2.05, 4.69) is 127 Å². The van der Waals surface area contributed by atoms with E-state index in [-0.39, 0.29) is 5.92 Å². The van der Waals surface area contributed by atoms with Crippen molar-refractivity contribution in [3.63, 3.8) is 0 Å². The molecule has 9 rings (SSSR count). The Balaban J connectivity index is 1.34. The van der Waals surface area contributed by atoms with Gasteiger partial charge in [0, 0.05) is 42.6 Å². The standard InChI is InChI=1S/C42H29N3S/c1-2-5-15-28(14-4-1)34-21-12-22-35-37-36(46-39(34)35)26-31-19-10-11-20-33(31)38(37)42-44-40(29-16-6-3-7-17-29)43-41(45-42)32-24-23-27-13-8-9-18-30(27)25-32/h1-4,6,8,10-15,19-26,29H,5,7,16-17H2. The average molecular weight is 608 g/mol. The van der Waals surface area contributed by atoms with Crippen LogP contribution in [0.15, 0.2) is 121 Å². The number of hydrogen-bond acceptors (Lipinski definition) is 4. The maximum Gasteiger partial charge on any atom is 0.165 e. The van der Waals surface area contributed by atoms with Gasteiger partial charge < -0.3 is 0 Å². The molecule has 2 aliphatic rings. The molecule has 2 aliphatic carbocycles. The van der Waals surface area contributed by atoms with Gasteiger partial charge in [-0.15, -0.1) is 11.3 Å². The average Bonchev–Trinajstić information content (AvgIpc) is 3.28. The van der Waals surface area contributed by atoms with E-state index in [0.717, 1.165) is 64.6 Å². The van der Waals surface area contributed by atoms with E-state index in [4.69, 9.17) is 15.0 Å². The van der Waals surface area contributed by atoms with Crippen LogP contribution in [0.5, 0.6) is 0 Å². The maximum atomic E-state index is 5.33. The van der Waals surface area contributed by atoms with Gasteiger partial charge in [0.2, 0.25) is 0 Å². The summed E-state index contributed by atoms with van der Waals surface area (Å²) in [6.45, 7) is 0. The van der Waals surface area contributed by atoms with E-state index in [9.17, 15) is 0 Å². The number of fused-ring (bicyclic) bond motifs is 5. The summed E-state index contributed by atoms with van der Waals surface area (Å²) >= 11 is 1.86. The third-order valence-electron chi connectivity index (χ3n) is 9.19. The Kier molecular flexibility index (Phi) is 6.58. The van der Waals surface area contributed by atoms with Crippen LogP contribution in [0.1, 0.15) is 43.0 Å². The van der Waals surface area contributed by atoms with E-state index in [1.807, 2.05) is 17.4 Å². The first-order chi connectivity index (χ1) is 22.8. The Morgan fingerprint density at radius 3 is 2.67 bits per heavy atom. The molecule has 0 N–H and O–H groups in total. The predicted molar refractivity (Wildman–Crippen MR) is 193 cm³/mol. The van der Waals surface area contributed by atoms with Crippen molar-refractivity contribution in [3.05, 3.63) is 145 Å². The van der Waals surface area contributed by atoms with Crippen molar-refractivity contribution in [1.29, 1.82) is 0 Å². The van der Waals surface area contributed by atoms with Gasteiger partial charge in [0.25, 0.3) is 0 Å². The molecule has 218 valence electrons. The van der Waals surface area contributed by atoms with E-state index >= 15 is 0 Å². The van der Waals surface area contributed by atoms with Crippen LogP contribution in [0.2, 0.25) is 0 Å². The fourth-order valence-electron chi connectivity index (χ4n) is 6.91. The second kappa shape index (κ2) is 11.2. The molecule has 0 radical (unpaired) electrons. The molecule has 0 amide bonds. The lowest BCUT2D eigenvalue weighted by Gasteiger charge is -2.18. The normalized spacial score (nSPS) is 16.3. The fraction of sp³-hybridized carbons (Fsp3) is 0.119. The van der Waals surface area contributed by atoms with Gasteiger partial charge in [0.15, 0.2) is 11.6 Å². The van der Waals surface area contributed by atoms with Gasteiger partial charge in [0.1, 0.15) is 5.82 Å². The van der Waals surface area contributed by atoms with Gasteiger partial charge in [0.05, 0.1) is 0 Å². The number of nitrogens with zero attached hydrogens (tertiary/aromatic N) is 3. The molecular weight excluding hydrogens is 579 g/mol. The SMILES string of the molecule is c1ccc2ccc(-c3nc(-c4c5ccccc5cc5sc6c(C7=CCC=CC=C7)cccc6c45)nc(C4CC=CCC4)n3)cc2c#1. The van der Waals surface area contributed by atoms with Crippen molar-refractivity contribution in [1.82, 2.24) is 15.0 Å². The summed E-state index contributed by atoms with van der Waals surface area (Å²) < 4.78 is 2.53. The Morgan fingerprint density at radius 2 is 1.72 bits per heavy atom. The Bertz CT molecular complexity index is 2440. The zero-order chi connectivity index (χ0) is 30.5. The molecule has 3 nitrogen and oxygen atoms in total. The zero-order valence-electron chi connectivity index (χ0n) is 25.2. The van der Waals surface area contributed by atoms with Crippen molar-refractivity contribution in [2.75, 3.05) is 0 Å². The van der Waals surface area contributed by atoms with Crippen molar-refractivity contribution in [2.24, 2.45) is 0 Å². The van der Waals surface area contributed by atoms with Crippen LogP contribution in [-0.2, 0) is 0 Å². The number of benzene rings is 4. The smallest absolute Gasteiger partial charge is 0.165 e. The molecule has 2 aromatic heterocycles. The molecule has 0 saturated heterocycles. The van der Waals surface area contributed by atoms with Gasteiger partial charge in [-0.2, -0.15) is 0 Å². The number of allylic oxidation sites excluding steroid dienone is 8. The Labute approximate surface area is 272 Å². The van der Waals surface area contributed by atoms with Crippen LogP contribution < -0.4 is 0 Å². The number of rotatable bonds is 4. The first-order valence-electron chi connectivity index (χ1n) is 15.9. The van der Waals surface area contributed by atoms with Crippen molar-refractivity contribution in [3.8, 4) is 22.8 Å². The summed E-state index contributed by atoms with van der Waals surface area (Å²) in [5.41, 5.74) is 4.58. The summed E-state index contributed by atoms with van der Waals surface area (Å²) in [6, 6.07) is 34.4. The second-order valence-electron chi connectivity index (χ2n) is 12.0. The first kappa shape index (κ1) is 27.0. The van der Waals surface area contributed by atoms with Gasteiger partial charge in [-0.1, -0.05) is 109 Å². The number of aromatic nitrogens is 3. The van der Waals surface area contributed by atoms with Gasteiger partial charge in [-0.25, -0.2) is 15.0 Å². The summed E-state index contributed by atoms with van der Waals surface area (Å²) in [5, 5.41) is 6.93. The molecule has 7 aromatic rings. The van der Waals surface area contributed by atoms with Crippen LogP contribution in [0.3, 0.4) is 0 Å². The van der Waals surface area contributed by atoms with Crippen LogP contribution in [0.4, 0.5) is 0 Å². The summed E-state index contributed by atoms with van der Waals surface area (Å²) in [5.74, 6) is 2.57. The quantitative estimate of drug-likeness (QED) is 0.187. The number of hydrogen-bond donors (Lipinski definition) is 0. The minimum absolute atomic E-state index is 0.254. The molecule has 0 saturated carbocycles. The first-order valence-corrected chi connectivity index (χ1v) is 16.8. The van der Waals surface area contributed by atoms with Gasteiger partial charge in [-0.05, 0) is 77.2 Å². The highest BCUT2D eigenvalue weighted by Crippen LogP contribution is 2.46. The zero-order valence-corrected chi connectivity index (χ0v) is 26.0. The molecule has 4 heteroatoms. The lowest BCUT2D eigenvalue weighted by molar-refractivity contribution is 0.581. The Hall–Kier alpha value is -5.37. The van der Waals surface area contributed by atoms with Gasteiger partial charge in [-0.3, -0.25) is 0 Å². The highest BCUT2D eigenvalue weighted by molar-refractivity contribution is 7.26. The minimum atomic E-state index is 0.254. The monoisotopic (exact) mass is 607 g/mol. The number of thiophene rings is 1.